The maximum atomic E-state index is 8.65. The van der Waals surface area contributed by atoms with Crippen molar-refractivity contribution in [3.8, 4) is 6.07 Å². The molecule has 1 saturated heterocycles. The molecule has 3 nitrogen and oxygen atoms in total. The van der Waals surface area contributed by atoms with Gasteiger partial charge in [0.1, 0.15) is 0 Å². The van der Waals surface area contributed by atoms with E-state index in [-0.39, 0.29) is 5.41 Å². The number of ether oxygens (including phenoxy) is 1. The van der Waals surface area contributed by atoms with E-state index in [1.807, 2.05) is 18.5 Å². The molecule has 3 heteroatoms. The summed E-state index contributed by atoms with van der Waals surface area (Å²) >= 11 is 0. The summed E-state index contributed by atoms with van der Waals surface area (Å²) in [6.07, 6.45) is 4.37. The van der Waals surface area contributed by atoms with E-state index in [0.29, 0.717) is 19.6 Å². The molecule has 1 aliphatic heterocycles. The lowest BCUT2D eigenvalue weighted by molar-refractivity contribution is -0.0576. The first-order chi connectivity index (χ1) is 5.87. The van der Waals surface area contributed by atoms with Gasteiger partial charge in [-0.2, -0.15) is 5.26 Å². The lowest BCUT2D eigenvalue weighted by Gasteiger charge is -2.39. The molecule has 0 atom stereocenters. The molecule has 1 N–H and O–H groups in total. The van der Waals surface area contributed by atoms with Gasteiger partial charge in [0, 0.05) is 18.8 Å². The van der Waals surface area contributed by atoms with Gasteiger partial charge in [-0.1, -0.05) is 0 Å². The molecule has 1 fully saturated rings. The molecule has 1 aromatic rings. The largest absolute Gasteiger partial charge is 0.379 e. The summed E-state index contributed by atoms with van der Waals surface area (Å²) in [5, 5.41) is 8.65. The van der Waals surface area contributed by atoms with Gasteiger partial charge in [0.25, 0.3) is 0 Å². The molecule has 0 bridgehead atoms. The number of H-pyrrole nitrogens is 1. The number of rotatable bonds is 2. The van der Waals surface area contributed by atoms with Crippen LogP contribution in [0.1, 0.15) is 12.0 Å². The summed E-state index contributed by atoms with van der Waals surface area (Å²) in [5.74, 6) is 0. The summed E-state index contributed by atoms with van der Waals surface area (Å²) in [5.41, 5.74) is 1.17. The maximum Gasteiger partial charge on any atom is 0.0632 e. The quantitative estimate of drug-likeness (QED) is 0.710. The molecule has 0 radical (unpaired) electrons. The van der Waals surface area contributed by atoms with Crippen LogP contribution in [0, 0.1) is 11.3 Å². The monoisotopic (exact) mass is 162 g/mol. The average molecular weight is 162 g/mol. The molecule has 0 amide bonds. The van der Waals surface area contributed by atoms with Gasteiger partial charge in [-0.05, 0) is 11.6 Å². The number of nitriles is 1. The van der Waals surface area contributed by atoms with Crippen molar-refractivity contribution in [3.05, 3.63) is 24.0 Å². The fourth-order valence-electron chi connectivity index (χ4n) is 1.52. The van der Waals surface area contributed by atoms with Crippen LogP contribution in [0.3, 0.4) is 0 Å². The van der Waals surface area contributed by atoms with Crippen LogP contribution in [0.25, 0.3) is 0 Å². The summed E-state index contributed by atoms with van der Waals surface area (Å²) in [7, 11) is 0. The van der Waals surface area contributed by atoms with Crippen molar-refractivity contribution in [1.29, 1.82) is 5.26 Å². The van der Waals surface area contributed by atoms with Gasteiger partial charge in [-0.25, -0.2) is 0 Å². The highest BCUT2D eigenvalue weighted by atomic mass is 16.5. The van der Waals surface area contributed by atoms with Crippen molar-refractivity contribution in [1.82, 2.24) is 4.98 Å². The Balaban J connectivity index is 2.24. The molecule has 0 aliphatic carbocycles. The second-order valence-electron chi connectivity index (χ2n) is 3.21. The second-order valence-corrected chi connectivity index (χ2v) is 3.21. The fraction of sp³-hybridized carbons (Fsp3) is 0.444. The van der Waals surface area contributed by atoms with Gasteiger partial charge in [0.05, 0.1) is 24.7 Å². The highest BCUT2D eigenvalue weighted by Crippen LogP contribution is 2.34. The molecule has 62 valence electrons. The summed E-state index contributed by atoms with van der Waals surface area (Å²) < 4.78 is 5.15. The zero-order valence-corrected chi connectivity index (χ0v) is 6.71. The third-order valence-corrected chi connectivity index (χ3v) is 2.38. The number of hydrogen-bond acceptors (Lipinski definition) is 2. The van der Waals surface area contributed by atoms with Crippen molar-refractivity contribution in [2.45, 2.75) is 11.8 Å². The van der Waals surface area contributed by atoms with Crippen molar-refractivity contribution >= 4 is 0 Å². The minimum atomic E-state index is -0.0191. The maximum absolute atomic E-state index is 8.65. The Morgan fingerprint density at radius 3 is 2.92 bits per heavy atom. The van der Waals surface area contributed by atoms with Crippen LogP contribution in [-0.2, 0) is 10.2 Å². The van der Waals surface area contributed by atoms with Gasteiger partial charge in [-0.3, -0.25) is 0 Å². The molecule has 0 spiro atoms. The molecule has 1 aromatic heterocycles. The van der Waals surface area contributed by atoms with Gasteiger partial charge < -0.3 is 9.72 Å². The van der Waals surface area contributed by atoms with Crippen LogP contribution < -0.4 is 0 Å². The average Bonchev–Trinajstić information content (AvgIpc) is 2.48. The minimum absolute atomic E-state index is 0.0191. The minimum Gasteiger partial charge on any atom is -0.379 e. The number of nitrogens with one attached hydrogen (secondary N) is 1. The van der Waals surface area contributed by atoms with E-state index in [2.05, 4.69) is 11.1 Å². The first-order valence-electron chi connectivity index (χ1n) is 3.95. The van der Waals surface area contributed by atoms with Crippen LogP contribution >= 0.6 is 0 Å². The van der Waals surface area contributed by atoms with Crippen LogP contribution in [0.4, 0.5) is 0 Å². The molecular weight excluding hydrogens is 152 g/mol. The third-order valence-electron chi connectivity index (χ3n) is 2.38. The normalized spacial score (nSPS) is 19.6. The standard InChI is InChI=1S/C9H10N2O/c10-3-2-9(6-12-7-9)8-1-4-11-5-8/h1,4-5,11H,2,6-7H2. The first-order valence-corrected chi connectivity index (χ1v) is 3.95. The van der Waals surface area contributed by atoms with E-state index in [1.165, 1.54) is 5.56 Å². The molecule has 0 saturated carbocycles. The molecule has 2 heterocycles. The first kappa shape index (κ1) is 7.38. The number of hydrogen-bond donors (Lipinski definition) is 1. The van der Waals surface area contributed by atoms with Crippen molar-refractivity contribution < 1.29 is 4.74 Å². The highest BCUT2D eigenvalue weighted by Gasteiger charge is 2.40. The Morgan fingerprint density at radius 1 is 1.67 bits per heavy atom. The Bertz CT molecular complexity index is 293. The predicted octanol–water partition coefficient (Wildman–Crippen LogP) is 1.20. The summed E-state index contributed by atoms with van der Waals surface area (Å²) in [6.45, 7) is 1.36. The zero-order valence-electron chi connectivity index (χ0n) is 6.71. The molecule has 1 aliphatic rings. The molecule has 2 rings (SSSR count). The van der Waals surface area contributed by atoms with Crippen molar-refractivity contribution in [3.63, 3.8) is 0 Å². The smallest absolute Gasteiger partial charge is 0.0632 e. The highest BCUT2D eigenvalue weighted by molar-refractivity contribution is 5.26. The topological polar surface area (TPSA) is 48.8 Å². The Hall–Kier alpha value is -1.27. The van der Waals surface area contributed by atoms with Crippen LogP contribution in [-0.4, -0.2) is 18.2 Å². The van der Waals surface area contributed by atoms with Crippen molar-refractivity contribution in [2.24, 2.45) is 0 Å². The van der Waals surface area contributed by atoms with Crippen LogP contribution in [0.2, 0.25) is 0 Å². The fourth-order valence-corrected chi connectivity index (χ4v) is 1.52. The number of aromatic amines is 1. The van der Waals surface area contributed by atoms with E-state index < -0.39 is 0 Å². The van der Waals surface area contributed by atoms with E-state index >= 15 is 0 Å². The van der Waals surface area contributed by atoms with Gasteiger partial charge in [0.2, 0.25) is 0 Å². The SMILES string of the molecule is N#CCC1(c2cc[nH]c2)COC1. The second kappa shape index (κ2) is 2.65. The number of nitrogens with zero attached hydrogens (tertiary/aromatic N) is 1. The van der Waals surface area contributed by atoms with E-state index in [0.717, 1.165) is 0 Å². The Labute approximate surface area is 71.0 Å². The molecular formula is C9H10N2O. The molecule has 0 aromatic carbocycles. The van der Waals surface area contributed by atoms with E-state index in [9.17, 15) is 0 Å². The van der Waals surface area contributed by atoms with E-state index in [1.54, 1.807) is 0 Å². The number of aromatic nitrogens is 1. The zero-order chi connectivity index (χ0) is 8.44. The molecule has 0 unspecified atom stereocenters. The van der Waals surface area contributed by atoms with Gasteiger partial charge >= 0.3 is 0 Å². The lowest BCUT2D eigenvalue weighted by Crippen LogP contribution is -2.46. The summed E-state index contributed by atoms with van der Waals surface area (Å²) in [4.78, 5) is 3.00. The van der Waals surface area contributed by atoms with Crippen molar-refractivity contribution in [2.75, 3.05) is 13.2 Å². The predicted molar refractivity (Wildman–Crippen MR) is 43.5 cm³/mol. The van der Waals surface area contributed by atoms with E-state index in [4.69, 9.17) is 10.00 Å². The van der Waals surface area contributed by atoms with Crippen LogP contribution in [0.5, 0.6) is 0 Å². The third kappa shape index (κ3) is 0.926. The van der Waals surface area contributed by atoms with Gasteiger partial charge in [-0.15, -0.1) is 0 Å². The lowest BCUT2D eigenvalue weighted by atomic mass is 9.78. The van der Waals surface area contributed by atoms with Crippen LogP contribution in [0.15, 0.2) is 18.5 Å². The summed E-state index contributed by atoms with van der Waals surface area (Å²) in [6, 6.07) is 4.22. The Kier molecular flexibility index (Phi) is 1.63. The van der Waals surface area contributed by atoms with Gasteiger partial charge in [0.15, 0.2) is 0 Å². The molecule has 12 heavy (non-hydrogen) atoms. The Morgan fingerprint density at radius 2 is 2.50 bits per heavy atom.